The molecule has 1 aromatic heterocycles. The van der Waals surface area contributed by atoms with E-state index < -0.39 is 11.7 Å². The van der Waals surface area contributed by atoms with E-state index in [0.29, 0.717) is 16.8 Å². The standard InChI is InChI=1S/C13H11F3N2/c1-8-4-11(17)2-3-12(8)9-5-10(7-18-6-9)13(14,15)16/h2-7H,17H2,1H3. The van der Waals surface area contributed by atoms with Crippen LogP contribution in [0.25, 0.3) is 11.1 Å². The molecule has 0 atom stereocenters. The molecule has 0 bridgehead atoms. The molecular formula is C13H11F3N2. The summed E-state index contributed by atoms with van der Waals surface area (Å²) in [5.41, 5.74) is 7.38. The third kappa shape index (κ3) is 2.45. The van der Waals surface area contributed by atoms with E-state index in [9.17, 15) is 13.2 Å². The van der Waals surface area contributed by atoms with Gasteiger partial charge in [0.2, 0.25) is 0 Å². The lowest BCUT2D eigenvalue weighted by atomic mass is 10.0. The fraction of sp³-hybridized carbons (Fsp3) is 0.154. The molecule has 18 heavy (non-hydrogen) atoms. The zero-order valence-electron chi connectivity index (χ0n) is 9.62. The first kappa shape index (κ1) is 12.4. The maximum Gasteiger partial charge on any atom is 0.417 e. The van der Waals surface area contributed by atoms with Crippen molar-refractivity contribution in [3.63, 3.8) is 0 Å². The molecule has 0 fully saturated rings. The summed E-state index contributed by atoms with van der Waals surface area (Å²) in [6, 6.07) is 6.16. The minimum Gasteiger partial charge on any atom is -0.399 e. The smallest absolute Gasteiger partial charge is 0.399 e. The lowest BCUT2D eigenvalue weighted by Gasteiger charge is -2.10. The van der Waals surface area contributed by atoms with Crippen molar-refractivity contribution in [1.82, 2.24) is 4.98 Å². The van der Waals surface area contributed by atoms with E-state index in [1.54, 1.807) is 25.1 Å². The van der Waals surface area contributed by atoms with Crippen LogP contribution in [0.1, 0.15) is 11.1 Å². The number of nitrogens with zero attached hydrogens (tertiary/aromatic N) is 1. The molecule has 0 aliphatic heterocycles. The van der Waals surface area contributed by atoms with E-state index in [4.69, 9.17) is 5.73 Å². The first-order valence-electron chi connectivity index (χ1n) is 5.26. The Kier molecular flexibility index (Phi) is 2.98. The number of aryl methyl sites for hydroxylation is 1. The molecule has 0 spiro atoms. The normalized spacial score (nSPS) is 11.6. The summed E-state index contributed by atoms with van der Waals surface area (Å²) < 4.78 is 37.8. The van der Waals surface area contributed by atoms with Gasteiger partial charge in [-0.05, 0) is 36.2 Å². The summed E-state index contributed by atoms with van der Waals surface area (Å²) in [7, 11) is 0. The third-order valence-corrected chi connectivity index (χ3v) is 2.63. The summed E-state index contributed by atoms with van der Waals surface area (Å²) in [5, 5.41) is 0. The van der Waals surface area contributed by atoms with Gasteiger partial charge in [-0.1, -0.05) is 6.07 Å². The van der Waals surface area contributed by atoms with Crippen molar-refractivity contribution >= 4 is 5.69 Å². The average Bonchev–Trinajstić information content (AvgIpc) is 2.28. The molecule has 2 nitrogen and oxygen atoms in total. The first-order valence-corrected chi connectivity index (χ1v) is 5.26. The fourth-order valence-corrected chi connectivity index (χ4v) is 1.75. The Hall–Kier alpha value is -2.04. The largest absolute Gasteiger partial charge is 0.417 e. The van der Waals surface area contributed by atoms with Crippen molar-refractivity contribution in [2.45, 2.75) is 13.1 Å². The van der Waals surface area contributed by atoms with Gasteiger partial charge in [-0.15, -0.1) is 0 Å². The SMILES string of the molecule is Cc1cc(N)ccc1-c1cncc(C(F)(F)F)c1. The van der Waals surface area contributed by atoms with E-state index in [1.807, 2.05) is 0 Å². The second kappa shape index (κ2) is 4.33. The van der Waals surface area contributed by atoms with Crippen LogP contribution in [0.3, 0.4) is 0 Å². The number of hydrogen-bond donors (Lipinski definition) is 1. The fourth-order valence-electron chi connectivity index (χ4n) is 1.75. The van der Waals surface area contributed by atoms with Crippen LogP contribution in [0.2, 0.25) is 0 Å². The first-order chi connectivity index (χ1) is 8.38. The zero-order valence-corrected chi connectivity index (χ0v) is 9.62. The van der Waals surface area contributed by atoms with Crippen LogP contribution in [0.15, 0.2) is 36.7 Å². The van der Waals surface area contributed by atoms with Gasteiger partial charge in [-0.3, -0.25) is 4.98 Å². The van der Waals surface area contributed by atoms with Gasteiger partial charge >= 0.3 is 6.18 Å². The van der Waals surface area contributed by atoms with Gasteiger partial charge in [0, 0.05) is 23.6 Å². The van der Waals surface area contributed by atoms with Crippen LogP contribution in [-0.2, 0) is 6.18 Å². The van der Waals surface area contributed by atoms with E-state index in [-0.39, 0.29) is 0 Å². The van der Waals surface area contributed by atoms with Gasteiger partial charge in [0.25, 0.3) is 0 Å². The van der Waals surface area contributed by atoms with Crippen LogP contribution in [0.5, 0.6) is 0 Å². The molecule has 0 unspecified atom stereocenters. The minimum atomic E-state index is -4.38. The van der Waals surface area contributed by atoms with Crippen molar-refractivity contribution in [1.29, 1.82) is 0 Å². The minimum absolute atomic E-state index is 0.433. The molecule has 2 aromatic rings. The lowest BCUT2D eigenvalue weighted by Crippen LogP contribution is -2.05. The number of anilines is 1. The van der Waals surface area contributed by atoms with Gasteiger partial charge in [0.05, 0.1) is 5.56 Å². The summed E-state index contributed by atoms with van der Waals surface area (Å²) in [5.74, 6) is 0. The number of nitrogen functional groups attached to an aromatic ring is 1. The van der Waals surface area contributed by atoms with Crippen molar-refractivity contribution < 1.29 is 13.2 Å². The number of hydrogen-bond acceptors (Lipinski definition) is 2. The van der Waals surface area contributed by atoms with Crippen molar-refractivity contribution in [3.8, 4) is 11.1 Å². The molecule has 2 N–H and O–H groups in total. The Morgan fingerprint density at radius 3 is 2.44 bits per heavy atom. The molecule has 0 amide bonds. The molecule has 1 aromatic carbocycles. The zero-order chi connectivity index (χ0) is 13.3. The average molecular weight is 252 g/mol. The quantitative estimate of drug-likeness (QED) is 0.786. The number of halogens is 3. The van der Waals surface area contributed by atoms with Crippen LogP contribution >= 0.6 is 0 Å². The van der Waals surface area contributed by atoms with Gasteiger partial charge < -0.3 is 5.73 Å². The topological polar surface area (TPSA) is 38.9 Å². The number of pyridine rings is 1. The van der Waals surface area contributed by atoms with Crippen LogP contribution in [0, 0.1) is 6.92 Å². The van der Waals surface area contributed by atoms with Crippen molar-refractivity contribution in [2.75, 3.05) is 5.73 Å². The molecule has 0 aliphatic rings. The van der Waals surface area contributed by atoms with E-state index >= 15 is 0 Å². The Bertz CT molecular complexity index is 577. The second-order valence-electron chi connectivity index (χ2n) is 4.03. The molecule has 2 rings (SSSR count). The highest BCUT2D eigenvalue weighted by Crippen LogP contribution is 2.32. The molecule has 0 saturated heterocycles. The van der Waals surface area contributed by atoms with Crippen molar-refractivity contribution in [3.05, 3.63) is 47.8 Å². The maximum absolute atomic E-state index is 12.6. The molecule has 94 valence electrons. The molecule has 0 radical (unpaired) electrons. The summed E-state index contributed by atoms with van der Waals surface area (Å²) in [4.78, 5) is 3.64. The van der Waals surface area contributed by atoms with Crippen molar-refractivity contribution in [2.24, 2.45) is 0 Å². The molecule has 0 aliphatic carbocycles. The lowest BCUT2D eigenvalue weighted by molar-refractivity contribution is -0.137. The van der Waals surface area contributed by atoms with Gasteiger partial charge in [-0.25, -0.2) is 0 Å². The Balaban J connectivity index is 2.51. The Labute approximate surface area is 102 Å². The summed E-state index contributed by atoms with van der Waals surface area (Å²) in [6.07, 6.45) is -2.16. The number of rotatable bonds is 1. The molecule has 1 heterocycles. The van der Waals surface area contributed by atoms with Gasteiger partial charge in [0.15, 0.2) is 0 Å². The Morgan fingerprint density at radius 2 is 1.83 bits per heavy atom. The predicted octanol–water partition coefficient (Wildman–Crippen LogP) is 3.66. The highest BCUT2D eigenvalue weighted by Gasteiger charge is 2.31. The molecule has 5 heteroatoms. The van der Waals surface area contributed by atoms with Crippen LogP contribution in [0.4, 0.5) is 18.9 Å². The summed E-state index contributed by atoms with van der Waals surface area (Å²) >= 11 is 0. The monoisotopic (exact) mass is 252 g/mol. The predicted molar refractivity (Wildman–Crippen MR) is 63.8 cm³/mol. The van der Waals surface area contributed by atoms with Crippen LogP contribution in [-0.4, -0.2) is 4.98 Å². The molecular weight excluding hydrogens is 241 g/mol. The highest BCUT2D eigenvalue weighted by molar-refractivity contribution is 5.69. The highest BCUT2D eigenvalue weighted by atomic mass is 19.4. The van der Waals surface area contributed by atoms with Gasteiger partial charge in [-0.2, -0.15) is 13.2 Å². The van der Waals surface area contributed by atoms with Gasteiger partial charge in [0.1, 0.15) is 0 Å². The van der Waals surface area contributed by atoms with E-state index in [2.05, 4.69) is 4.98 Å². The molecule has 0 saturated carbocycles. The Morgan fingerprint density at radius 1 is 1.11 bits per heavy atom. The summed E-state index contributed by atoms with van der Waals surface area (Å²) in [6.45, 7) is 1.80. The van der Waals surface area contributed by atoms with E-state index in [1.165, 1.54) is 6.20 Å². The maximum atomic E-state index is 12.6. The number of alkyl halides is 3. The second-order valence-corrected chi connectivity index (χ2v) is 4.03. The number of aromatic nitrogens is 1. The van der Waals surface area contributed by atoms with E-state index in [0.717, 1.165) is 17.8 Å². The number of nitrogens with two attached hydrogens (primary N) is 1. The number of benzene rings is 1. The third-order valence-electron chi connectivity index (χ3n) is 2.63. The van der Waals surface area contributed by atoms with Crippen LogP contribution < -0.4 is 5.73 Å².